The fourth-order valence-electron chi connectivity index (χ4n) is 3.63. The molecule has 2 heteroatoms. The fourth-order valence-corrected chi connectivity index (χ4v) is 5.92. The van der Waals surface area contributed by atoms with Gasteiger partial charge in [-0.05, 0) is 6.42 Å². The molecular formula is C30H24HfS. The first-order chi connectivity index (χ1) is 15.7. The van der Waals surface area contributed by atoms with Crippen LogP contribution in [0.4, 0.5) is 0 Å². The van der Waals surface area contributed by atoms with Crippen molar-refractivity contribution in [2.75, 3.05) is 0 Å². The Balaban J connectivity index is 0.000000127. The van der Waals surface area contributed by atoms with E-state index in [0.29, 0.717) is 0 Å². The van der Waals surface area contributed by atoms with E-state index < -0.39 is 0 Å². The van der Waals surface area contributed by atoms with Crippen molar-refractivity contribution in [1.29, 1.82) is 0 Å². The topological polar surface area (TPSA) is 0 Å². The molecule has 6 rings (SSSR count). The average molecular weight is 595 g/mol. The third-order valence-electron chi connectivity index (χ3n) is 5.22. The van der Waals surface area contributed by atoms with Crippen LogP contribution in [0.2, 0.25) is 0 Å². The van der Waals surface area contributed by atoms with Crippen molar-refractivity contribution in [2.45, 2.75) is 13.3 Å². The summed E-state index contributed by atoms with van der Waals surface area (Å²) in [6.07, 6.45) is 1.05. The number of hydrogen-bond acceptors (Lipinski definition) is 1. The summed E-state index contributed by atoms with van der Waals surface area (Å²) in [6.45, 7) is 2.16. The van der Waals surface area contributed by atoms with Gasteiger partial charge < -0.3 is 0 Å². The van der Waals surface area contributed by atoms with Gasteiger partial charge in [-0.3, -0.25) is 0 Å². The second-order valence-corrected chi connectivity index (χ2v) is 10.6. The van der Waals surface area contributed by atoms with E-state index >= 15 is 0 Å². The number of aryl methyl sites for hydroxylation is 1. The van der Waals surface area contributed by atoms with E-state index in [-0.39, 0.29) is 0 Å². The van der Waals surface area contributed by atoms with Crippen LogP contribution in [0.25, 0.3) is 11.1 Å². The number of thiophene rings is 1. The fraction of sp³-hybridized carbons (Fsp3) is 0.0667. The van der Waals surface area contributed by atoms with Crippen LogP contribution in [-0.2, 0) is 30.3 Å². The van der Waals surface area contributed by atoms with Gasteiger partial charge in [0.25, 0.3) is 0 Å². The third-order valence-corrected chi connectivity index (χ3v) is 8.90. The number of hydrogen-bond donors (Lipinski definition) is 0. The molecule has 32 heavy (non-hydrogen) atoms. The molecule has 0 unspecified atom stereocenters. The summed E-state index contributed by atoms with van der Waals surface area (Å²) in [5, 5.41) is 0. The molecule has 0 aliphatic heterocycles. The molecule has 0 saturated heterocycles. The average Bonchev–Trinajstić information content (AvgIpc) is 3.61. The SMILES string of the molecule is Cc1ccc([C](=[Hf+2])c2ccccc2)s1.[c-]1cccc2c1Cc1ccccc1-2.c1cc[cH-]c1. The van der Waals surface area contributed by atoms with Crippen LogP contribution in [0.3, 0.4) is 0 Å². The van der Waals surface area contributed by atoms with Gasteiger partial charge >= 0.3 is 103 Å². The Morgan fingerprint density at radius 3 is 2.22 bits per heavy atom. The second kappa shape index (κ2) is 11.4. The van der Waals surface area contributed by atoms with E-state index in [1.165, 1.54) is 40.8 Å². The summed E-state index contributed by atoms with van der Waals surface area (Å²) < 4.78 is 1.50. The maximum Gasteiger partial charge on any atom is -0.0253 e. The Hall–Kier alpha value is -2.55. The number of fused-ring (bicyclic) bond motifs is 3. The van der Waals surface area contributed by atoms with E-state index in [9.17, 15) is 0 Å². The first-order valence-electron chi connectivity index (χ1n) is 10.7. The van der Waals surface area contributed by atoms with Gasteiger partial charge in [0.05, 0.1) is 0 Å². The minimum atomic E-state index is 1.05. The summed E-state index contributed by atoms with van der Waals surface area (Å²) in [4.78, 5) is 2.82. The first kappa shape index (κ1) is 22.6. The van der Waals surface area contributed by atoms with Crippen LogP contribution >= 0.6 is 11.3 Å². The zero-order valence-electron chi connectivity index (χ0n) is 18.1. The van der Waals surface area contributed by atoms with Crippen LogP contribution in [-0.4, -0.2) is 3.26 Å². The van der Waals surface area contributed by atoms with Crippen molar-refractivity contribution in [2.24, 2.45) is 0 Å². The van der Waals surface area contributed by atoms with Crippen molar-refractivity contribution in [3.8, 4) is 11.1 Å². The minimum Gasteiger partial charge on any atom is -0.214 e. The third kappa shape index (κ3) is 5.82. The van der Waals surface area contributed by atoms with E-state index in [4.69, 9.17) is 0 Å². The van der Waals surface area contributed by atoms with E-state index in [1.54, 1.807) is 0 Å². The van der Waals surface area contributed by atoms with Crippen LogP contribution in [0, 0.1) is 13.0 Å². The minimum absolute atomic E-state index is 1.05. The summed E-state index contributed by atoms with van der Waals surface area (Å²) in [7, 11) is 0. The van der Waals surface area contributed by atoms with E-state index in [2.05, 4.69) is 91.9 Å². The standard InChI is InChI=1S/C13H9.C12H10S.C5H5.Hf/c1-3-7-12-10(5-1)9-11-6-2-4-8-13(11)12;1-10-7-8-12(13-10)9-11-5-3-2-4-6-11;1-2-4-5-3-1;/h1-5,7-8H,9H2;2-8H,1H3;1-5H;/q-1;;-1;+2. The monoisotopic (exact) mass is 596 g/mol. The van der Waals surface area contributed by atoms with Gasteiger partial charge in [-0.25, -0.2) is 12.1 Å². The summed E-state index contributed by atoms with van der Waals surface area (Å²) >= 11 is 2.99. The molecule has 0 saturated carbocycles. The summed E-state index contributed by atoms with van der Waals surface area (Å²) in [5.74, 6) is 0. The van der Waals surface area contributed by atoms with Gasteiger partial charge in [0, 0.05) is 0 Å². The Morgan fingerprint density at radius 2 is 1.53 bits per heavy atom. The van der Waals surface area contributed by atoms with Crippen LogP contribution in [0.15, 0.2) is 115 Å². The van der Waals surface area contributed by atoms with Gasteiger partial charge in [0.15, 0.2) is 0 Å². The molecule has 1 aromatic heterocycles. The molecule has 4 aromatic carbocycles. The first-order valence-corrected chi connectivity index (χ1v) is 13.3. The number of rotatable bonds is 2. The maximum atomic E-state index is 3.30. The maximum absolute atomic E-state index is 3.30. The molecule has 154 valence electrons. The predicted molar refractivity (Wildman–Crippen MR) is 134 cm³/mol. The normalized spacial score (nSPS) is 10.7. The van der Waals surface area contributed by atoms with Crippen LogP contribution < -0.4 is 0 Å². The Morgan fingerprint density at radius 1 is 0.812 bits per heavy atom. The molecule has 0 fully saturated rings. The zero-order chi connectivity index (χ0) is 22.2. The van der Waals surface area contributed by atoms with Gasteiger partial charge in [0.1, 0.15) is 0 Å². The van der Waals surface area contributed by atoms with Gasteiger partial charge in [0.2, 0.25) is 0 Å². The van der Waals surface area contributed by atoms with Gasteiger partial charge in [-0.15, -0.1) is 5.56 Å². The predicted octanol–water partition coefficient (Wildman–Crippen LogP) is 7.64. The van der Waals surface area contributed by atoms with Crippen molar-refractivity contribution in [3.05, 3.63) is 148 Å². The van der Waals surface area contributed by atoms with Crippen molar-refractivity contribution < 1.29 is 23.9 Å². The quantitative estimate of drug-likeness (QED) is 0.143. The Kier molecular flexibility index (Phi) is 8.03. The molecule has 0 spiro atoms. The molecule has 1 heterocycles. The summed E-state index contributed by atoms with van der Waals surface area (Å²) in [5.41, 5.74) is 6.89. The second-order valence-electron chi connectivity index (χ2n) is 7.51. The van der Waals surface area contributed by atoms with Crippen LogP contribution in [0.5, 0.6) is 0 Å². The largest absolute Gasteiger partial charge is 0.214 e. The number of benzene rings is 3. The molecule has 0 atom stereocenters. The van der Waals surface area contributed by atoms with Crippen molar-refractivity contribution in [3.63, 3.8) is 0 Å². The molecule has 1 aliphatic carbocycles. The Bertz CT molecular complexity index is 1200. The summed E-state index contributed by atoms with van der Waals surface area (Å²) in [6, 6.07) is 43.2. The molecular weight excluding hydrogens is 571 g/mol. The molecule has 0 amide bonds. The molecule has 0 bridgehead atoms. The molecule has 1 aliphatic rings. The van der Waals surface area contributed by atoms with Crippen LogP contribution in [0.1, 0.15) is 26.4 Å². The van der Waals surface area contributed by atoms with Crippen molar-refractivity contribution in [1.82, 2.24) is 0 Å². The molecule has 0 N–H and O–H groups in total. The van der Waals surface area contributed by atoms with Gasteiger partial charge in [-0.1, -0.05) is 35.4 Å². The van der Waals surface area contributed by atoms with Crippen molar-refractivity contribution >= 4 is 14.6 Å². The zero-order valence-corrected chi connectivity index (χ0v) is 22.5. The molecule has 0 nitrogen and oxygen atoms in total. The Labute approximate surface area is 209 Å². The van der Waals surface area contributed by atoms with E-state index in [1.807, 2.05) is 47.7 Å². The molecule has 5 aromatic rings. The smallest absolute Gasteiger partial charge is 0.0253 e. The van der Waals surface area contributed by atoms with Gasteiger partial charge in [-0.2, -0.15) is 48.0 Å². The van der Waals surface area contributed by atoms with E-state index in [0.717, 1.165) is 30.3 Å². The molecule has 0 radical (unpaired) electrons.